The van der Waals surface area contributed by atoms with Gasteiger partial charge in [0, 0.05) is 12.6 Å². The molecule has 0 bridgehead atoms. The third kappa shape index (κ3) is 2.32. The Hall–Kier alpha value is -2.18. The van der Waals surface area contributed by atoms with E-state index < -0.39 is 0 Å². The molecule has 7 nitrogen and oxygen atoms in total. The molecule has 0 spiro atoms. The molecule has 2 aromatic heterocycles. The molecule has 2 aromatic rings. The van der Waals surface area contributed by atoms with E-state index in [0.29, 0.717) is 17.6 Å². The summed E-state index contributed by atoms with van der Waals surface area (Å²) in [6.07, 6.45) is 4.41. The number of fused-ring (bicyclic) bond motifs is 1. The number of esters is 1. The summed E-state index contributed by atoms with van der Waals surface area (Å²) in [4.78, 5) is 22.4. The van der Waals surface area contributed by atoms with Crippen LogP contribution in [0.2, 0.25) is 0 Å². The third-order valence-corrected chi connectivity index (χ3v) is 4.33. The maximum absolute atomic E-state index is 11.4. The van der Waals surface area contributed by atoms with Crippen LogP contribution in [0.3, 0.4) is 0 Å². The van der Waals surface area contributed by atoms with Crippen LogP contribution >= 0.6 is 0 Å². The molecule has 3 heterocycles. The molecule has 7 heteroatoms. The zero-order valence-electron chi connectivity index (χ0n) is 12.5. The van der Waals surface area contributed by atoms with Crippen molar-refractivity contribution >= 4 is 22.8 Å². The summed E-state index contributed by atoms with van der Waals surface area (Å²) in [5, 5.41) is 5.12. The van der Waals surface area contributed by atoms with Gasteiger partial charge in [0.25, 0.3) is 0 Å². The smallest absolute Gasteiger partial charge is 0.327 e. The van der Waals surface area contributed by atoms with Crippen LogP contribution in [0.1, 0.15) is 20.3 Å². The second-order valence-corrected chi connectivity index (χ2v) is 5.51. The van der Waals surface area contributed by atoms with E-state index in [0.717, 1.165) is 24.2 Å². The number of rotatable bonds is 3. The van der Waals surface area contributed by atoms with Gasteiger partial charge in [-0.1, -0.05) is 6.92 Å². The minimum atomic E-state index is -0.344. The lowest BCUT2D eigenvalue weighted by atomic mass is 10.1. The Morgan fingerprint density at radius 3 is 2.90 bits per heavy atom. The average Bonchev–Trinajstić information content (AvgIpc) is 3.04. The van der Waals surface area contributed by atoms with Crippen molar-refractivity contribution < 1.29 is 9.53 Å². The van der Waals surface area contributed by atoms with E-state index in [1.807, 2.05) is 0 Å². The van der Waals surface area contributed by atoms with Gasteiger partial charge in [0.1, 0.15) is 18.7 Å². The summed E-state index contributed by atoms with van der Waals surface area (Å²) in [6, 6.07) is 0.437. The van der Waals surface area contributed by atoms with Crippen LogP contribution in [0, 0.1) is 5.92 Å². The van der Waals surface area contributed by atoms with Crippen molar-refractivity contribution in [3.63, 3.8) is 0 Å². The summed E-state index contributed by atoms with van der Waals surface area (Å²) in [5.74, 6) is 1.19. The zero-order valence-corrected chi connectivity index (χ0v) is 12.5. The van der Waals surface area contributed by atoms with Gasteiger partial charge in [0.15, 0.2) is 5.65 Å². The second-order valence-electron chi connectivity index (χ2n) is 5.51. The van der Waals surface area contributed by atoms with Crippen LogP contribution in [-0.4, -0.2) is 45.4 Å². The van der Waals surface area contributed by atoms with Crippen LogP contribution < -0.4 is 4.90 Å². The first kappa shape index (κ1) is 13.8. The first-order chi connectivity index (χ1) is 10.1. The topological polar surface area (TPSA) is 73.1 Å². The van der Waals surface area contributed by atoms with Crippen LogP contribution in [0.5, 0.6) is 0 Å². The van der Waals surface area contributed by atoms with Gasteiger partial charge in [0.05, 0.1) is 18.7 Å². The predicted molar refractivity (Wildman–Crippen MR) is 77.9 cm³/mol. The van der Waals surface area contributed by atoms with Gasteiger partial charge in [-0.05, 0) is 19.3 Å². The van der Waals surface area contributed by atoms with Crippen LogP contribution in [-0.2, 0) is 16.1 Å². The summed E-state index contributed by atoms with van der Waals surface area (Å²) in [5.41, 5.74) is 0.664. The quantitative estimate of drug-likeness (QED) is 0.791. The first-order valence-electron chi connectivity index (χ1n) is 7.11. The average molecular weight is 289 g/mol. The van der Waals surface area contributed by atoms with E-state index in [2.05, 4.69) is 38.6 Å². The fourth-order valence-electron chi connectivity index (χ4n) is 2.81. The van der Waals surface area contributed by atoms with Crippen LogP contribution in [0.25, 0.3) is 11.0 Å². The Kier molecular flexibility index (Phi) is 3.48. The molecule has 3 rings (SSSR count). The monoisotopic (exact) mass is 289 g/mol. The molecule has 0 aromatic carbocycles. The van der Waals surface area contributed by atoms with Gasteiger partial charge in [-0.15, -0.1) is 0 Å². The molecule has 1 fully saturated rings. The lowest BCUT2D eigenvalue weighted by molar-refractivity contribution is -0.141. The molecule has 0 N–H and O–H groups in total. The SMILES string of the molecule is COC(=O)Cn1ncc2c(N3CCC(C)C3C)ncnc21. The molecule has 21 heavy (non-hydrogen) atoms. The Balaban J connectivity index is 2.00. The van der Waals surface area contributed by atoms with E-state index in [4.69, 9.17) is 0 Å². The van der Waals surface area contributed by atoms with Crippen molar-refractivity contribution in [2.24, 2.45) is 5.92 Å². The molecule has 1 aliphatic heterocycles. The number of nitrogens with zero attached hydrogens (tertiary/aromatic N) is 5. The Labute approximate surface area is 122 Å². The number of carbonyl (C=O) groups is 1. The number of carbonyl (C=O) groups excluding carboxylic acids is 1. The van der Waals surface area contributed by atoms with Gasteiger partial charge in [-0.2, -0.15) is 5.10 Å². The molecule has 0 amide bonds. The molecular formula is C14H19N5O2. The minimum absolute atomic E-state index is 0.0579. The molecule has 112 valence electrons. The highest BCUT2D eigenvalue weighted by molar-refractivity contribution is 5.87. The van der Waals surface area contributed by atoms with Crippen molar-refractivity contribution in [1.29, 1.82) is 0 Å². The fourth-order valence-corrected chi connectivity index (χ4v) is 2.81. The molecule has 1 saturated heterocycles. The number of anilines is 1. The second kappa shape index (κ2) is 5.31. The Morgan fingerprint density at radius 1 is 1.43 bits per heavy atom. The van der Waals surface area contributed by atoms with E-state index in [1.54, 1.807) is 10.9 Å². The van der Waals surface area contributed by atoms with Gasteiger partial charge >= 0.3 is 5.97 Å². The summed E-state index contributed by atoms with van der Waals surface area (Å²) >= 11 is 0. The number of methoxy groups -OCH3 is 1. The number of aromatic nitrogens is 4. The standard InChI is InChI=1S/C14H19N5O2/c1-9-4-5-18(10(9)2)13-11-6-17-19(7-12(20)21-3)14(11)16-8-15-13/h6,8-10H,4-5,7H2,1-3H3. The highest BCUT2D eigenvalue weighted by Gasteiger charge is 2.30. The molecule has 0 aliphatic carbocycles. The lowest BCUT2D eigenvalue weighted by Gasteiger charge is -2.24. The van der Waals surface area contributed by atoms with Crippen molar-refractivity contribution in [1.82, 2.24) is 19.7 Å². The van der Waals surface area contributed by atoms with E-state index in [-0.39, 0.29) is 12.5 Å². The Morgan fingerprint density at radius 2 is 2.24 bits per heavy atom. The normalized spacial score (nSPS) is 22.0. The summed E-state index contributed by atoms with van der Waals surface area (Å²) in [7, 11) is 1.36. The van der Waals surface area contributed by atoms with Gasteiger partial charge < -0.3 is 9.64 Å². The fraction of sp³-hybridized carbons (Fsp3) is 0.571. The van der Waals surface area contributed by atoms with E-state index in [9.17, 15) is 4.79 Å². The molecule has 0 saturated carbocycles. The van der Waals surface area contributed by atoms with Gasteiger partial charge in [-0.25, -0.2) is 14.6 Å². The van der Waals surface area contributed by atoms with Gasteiger partial charge in [-0.3, -0.25) is 4.79 Å². The maximum Gasteiger partial charge on any atom is 0.327 e. The number of ether oxygens (including phenoxy) is 1. The summed E-state index contributed by atoms with van der Waals surface area (Å²) < 4.78 is 6.23. The molecule has 2 unspecified atom stereocenters. The predicted octanol–water partition coefficient (Wildman–Crippen LogP) is 1.23. The number of hydrogen-bond acceptors (Lipinski definition) is 6. The van der Waals surface area contributed by atoms with E-state index >= 15 is 0 Å². The number of hydrogen-bond donors (Lipinski definition) is 0. The molecular weight excluding hydrogens is 270 g/mol. The molecule has 2 atom stereocenters. The van der Waals surface area contributed by atoms with E-state index in [1.165, 1.54) is 13.4 Å². The Bertz CT molecular complexity index is 668. The minimum Gasteiger partial charge on any atom is -0.468 e. The molecule has 1 aliphatic rings. The van der Waals surface area contributed by atoms with Crippen molar-refractivity contribution in [3.8, 4) is 0 Å². The lowest BCUT2D eigenvalue weighted by Crippen LogP contribution is -2.30. The van der Waals surface area contributed by atoms with Crippen molar-refractivity contribution in [2.45, 2.75) is 32.9 Å². The largest absolute Gasteiger partial charge is 0.468 e. The van der Waals surface area contributed by atoms with Crippen LogP contribution in [0.15, 0.2) is 12.5 Å². The first-order valence-corrected chi connectivity index (χ1v) is 7.11. The summed E-state index contributed by atoms with van der Waals surface area (Å²) in [6.45, 7) is 5.51. The van der Waals surface area contributed by atoms with Crippen molar-refractivity contribution in [2.75, 3.05) is 18.6 Å². The highest BCUT2D eigenvalue weighted by atomic mass is 16.5. The van der Waals surface area contributed by atoms with Gasteiger partial charge in [0.2, 0.25) is 0 Å². The zero-order chi connectivity index (χ0) is 15.0. The molecule has 0 radical (unpaired) electrons. The highest BCUT2D eigenvalue weighted by Crippen LogP contribution is 2.31. The van der Waals surface area contributed by atoms with Crippen LogP contribution in [0.4, 0.5) is 5.82 Å². The maximum atomic E-state index is 11.4. The third-order valence-electron chi connectivity index (χ3n) is 4.33. The van der Waals surface area contributed by atoms with Crippen molar-refractivity contribution in [3.05, 3.63) is 12.5 Å².